The first-order valence-electron chi connectivity index (χ1n) is 5.79. The van der Waals surface area contributed by atoms with E-state index in [1.165, 1.54) is 6.07 Å². The van der Waals surface area contributed by atoms with Crippen LogP contribution in [0.25, 0.3) is 0 Å². The molecule has 1 aromatic carbocycles. The molecule has 0 unspecified atom stereocenters. The number of nitrogens with two attached hydrogens (primary N) is 1. The third kappa shape index (κ3) is 3.48. The van der Waals surface area contributed by atoms with Crippen molar-refractivity contribution in [2.45, 2.75) is 38.0 Å². The van der Waals surface area contributed by atoms with E-state index in [9.17, 15) is 13.9 Å². The van der Waals surface area contributed by atoms with Crippen molar-refractivity contribution in [3.05, 3.63) is 16.6 Å². The molecule has 106 valence electrons. The molecular formula is C12H15BrF2N2O2. The van der Waals surface area contributed by atoms with Crippen LogP contribution in [0.4, 0.5) is 20.2 Å². The quantitative estimate of drug-likeness (QED) is 0.739. The predicted octanol–water partition coefficient (Wildman–Crippen LogP) is 2.96. The number of hydrogen-bond acceptors (Lipinski definition) is 4. The van der Waals surface area contributed by atoms with Crippen molar-refractivity contribution < 1.29 is 18.6 Å². The van der Waals surface area contributed by atoms with Gasteiger partial charge in [0.2, 0.25) is 0 Å². The van der Waals surface area contributed by atoms with Gasteiger partial charge in [0.05, 0.1) is 11.3 Å². The third-order valence-corrected chi connectivity index (χ3v) is 3.49. The number of ether oxygens (including phenoxy) is 1. The maximum atomic E-state index is 12.4. The molecule has 1 aliphatic rings. The smallest absolute Gasteiger partial charge is 0.387 e. The van der Waals surface area contributed by atoms with Crippen LogP contribution in [0.15, 0.2) is 16.6 Å². The Hall–Kier alpha value is -1.08. The Bertz CT molecular complexity index is 475. The number of anilines is 2. The maximum absolute atomic E-state index is 12.4. The molecule has 1 fully saturated rings. The molecule has 0 heterocycles. The van der Waals surface area contributed by atoms with E-state index in [0.29, 0.717) is 28.7 Å². The Morgan fingerprint density at radius 1 is 1.53 bits per heavy atom. The number of benzene rings is 1. The number of nitrogen functional groups attached to an aromatic ring is 1. The van der Waals surface area contributed by atoms with Crippen molar-refractivity contribution >= 4 is 27.3 Å². The fourth-order valence-electron chi connectivity index (χ4n) is 2.25. The van der Waals surface area contributed by atoms with E-state index in [-0.39, 0.29) is 11.8 Å². The van der Waals surface area contributed by atoms with Gasteiger partial charge in [-0.2, -0.15) is 8.78 Å². The molecule has 0 saturated heterocycles. The summed E-state index contributed by atoms with van der Waals surface area (Å²) in [5, 5.41) is 12.7. The summed E-state index contributed by atoms with van der Waals surface area (Å²) in [6.07, 6.45) is 1.08. The summed E-state index contributed by atoms with van der Waals surface area (Å²) in [6.45, 7) is -1.19. The van der Waals surface area contributed by atoms with Crippen molar-refractivity contribution in [2.75, 3.05) is 11.1 Å². The number of halogens is 3. The first-order chi connectivity index (χ1) is 8.77. The Morgan fingerprint density at radius 3 is 2.68 bits per heavy atom. The summed E-state index contributed by atoms with van der Waals surface area (Å²) in [4.78, 5) is 0. The lowest BCUT2D eigenvalue weighted by molar-refractivity contribution is -0.0498. The molecule has 19 heavy (non-hydrogen) atoms. The monoisotopic (exact) mass is 336 g/mol. The summed E-state index contributed by atoms with van der Waals surface area (Å²) in [5.41, 5.74) is 5.76. The molecule has 1 saturated carbocycles. The summed E-state index contributed by atoms with van der Waals surface area (Å²) in [7, 11) is 0. The molecule has 7 heteroatoms. The molecule has 4 nitrogen and oxygen atoms in total. The molecule has 0 radical (unpaired) electrons. The summed E-state index contributed by atoms with van der Waals surface area (Å²) < 4.78 is 29.8. The summed E-state index contributed by atoms with van der Waals surface area (Å²) in [6, 6.07) is 3.04. The van der Waals surface area contributed by atoms with Crippen LogP contribution in [0.2, 0.25) is 0 Å². The minimum atomic E-state index is -2.92. The molecule has 0 aromatic heterocycles. The Balaban J connectivity index is 2.18. The highest BCUT2D eigenvalue weighted by Gasteiger charge is 2.38. The van der Waals surface area contributed by atoms with Gasteiger partial charge < -0.3 is 20.9 Å². The van der Waals surface area contributed by atoms with E-state index in [1.807, 2.05) is 0 Å². The second-order valence-corrected chi connectivity index (χ2v) is 5.91. The topological polar surface area (TPSA) is 67.5 Å². The van der Waals surface area contributed by atoms with Crippen LogP contribution in [0.1, 0.15) is 19.8 Å². The maximum Gasteiger partial charge on any atom is 0.387 e. The van der Waals surface area contributed by atoms with Crippen LogP contribution in [0, 0.1) is 0 Å². The first-order valence-corrected chi connectivity index (χ1v) is 6.59. The van der Waals surface area contributed by atoms with Gasteiger partial charge in [0.1, 0.15) is 5.69 Å². The molecular weight excluding hydrogens is 322 g/mol. The van der Waals surface area contributed by atoms with Gasteiger partial charge in [-0.1, -0.05) is 15.9 Å². The summed E-state index contributed by atoms with van der Waals surface area (Å²) >= 11 is 3.18. The Labute approximate surface area is 118 Å². The van der Waals surface area contributed by atoms with Gasteiger partial charge in [0.25, 0.3) is 0 Å². The summed E-state index contributed by atoms with van der Waals surface area (Å²) in [5.74, 6) is -0.00609. The zero-order chi connectivity index (χ0) is 14.2. The molecule has 1 aromatic rings. The van der Waals surface area contributed by atoms with Crippen LogP contribution in [-0.2, 0) is 0 Å². The highest BCUT2D eigenvalue weighted by molar-refractivity contribution is 9.10. The highest BCUT2D eigenvalue weighted by atomic mass is 79.9. The van der Waals surface area contributed by atoms with Crippen LogP contribution in [0.3, 0.4) is 0 Å². The SMILES string of the molecule is CC1(O)CC(Nc2c(N)cc(Br)cc2OC(F)F)C1. The molecule has 0 bridgehead atoms. The number of rotatable bonds is 4. The molecule has 0 aliphatic heterocycles. The molecule has 0 atom stereocenters. The lowest BCUT2D eigenvalue weighted by Crippen LogP contribution is -2.48. The zero-order valence-corrected chi connectivity index (χ0v) is 11.9. The van der Waals surface area contributed by atoms with E-state index >= 15 is 0 Å². The van der Waals surface area contributed by atoms with Crippen LogP contribution < -0.4 is 15.8 Å². The molecule has 0 spiro atoms. The van der Waals surface area contributed by atoms with Crippen LogP contribution in [-0.4, -0.2) is 23.4 Å². The van der Waals surface area contributed by atoms with Gasteiger partial charge in [-0.05, 0) is 31.9 Å². The fraction of sp³-hybridized carbons (Fsp3) is 0.500. The van der Waals surface area contributed by atoms with Crippen molar-refractivity contribution in [3.8, 4) is 5.75 Å². The van der Waals surface area contributed by atoms with E-state index in [2.05, 4.69) is 26.0 Å². The minimum absolute atomic E-state index is 0.00139. The highest BCUT2D eigenvalue weighted by Crippen LogP contribution is 2.40. The lowest BCUT2D eigenvalue weighted by Gasteiger charge is -2.42. The van der Waals surface area contributed by atoms with Gasteiger partial charge >= 0.3 is 6.61 Å². The third-order valence-electron chi connectivity index (χ3n) is 3.03. The average Bonchev–Trinajstić information content (AvgIpc) is 2.19. The van der Waals surface area contributed by atoms with Gasteiger partial charge in [-0.25, -0.2) is 0 Å². The van der Waals surface area contributed by atoms with Crippen LogP contribution in [0.5, 0.6) is 5.75 Å². The lowest BCUT2D eigenvalue weighted by atomic mass is 9.77. The van der Waals surface area contributed by atoms with E-state index in [0.717, 1.165) is 0 Å². The number of nitrogens with one attached hydrogen (secondary N) is 1. The van der Waals surface area contributed by atoms with Crippen molar-refractivity contribution in [3.63, 3.8) is 0 Å². The van der Waals surface area contributed by atoms with Crippen molar-refractivity contribution in [1.82, 2.24) is 0 Å². The molecule has 1 aliphatic carbocycles. The van der Waals surface area contributed by atoms with Crippen molar-refractivity contribution in [1.29, 1.82) is 0 Å². The van der Waals surface area contributed by atoms with Gasteiger partial charge in [-0.3, -0.25) is 0 Å². The normalized spacial score (nSPS) is 26.1. The fourth-order valence-corrected chi connectivity index (χ4v) is 2.71. The number of alkyl halides is 2. The van der Waals surface area contributed by atoms with Gasteiger partial charge in [0, 0.05) is 10.5 Å². The van der Waals surface area contributed by atoms with Crippen LogP contribution >= 0.6 is 15.9 Å². The number of hydrogen-bond donors (Lipinski definition) is 3. The van der Waals surface area contributed by atoms with Crippen molar-refractivity contribution in [2.24, 2.45) is 0 Å². The Morgan fingerprint density at radius 2 is 2.16 bits per heavy atom. The first kappa shape index (κ1) is 14.3. The molecule has 0 amide bonds. The number of aliphatic hydroxyl groups is 1. The molecule has 2 rings (SSSR count). The second kappa shape index (κ2) is 5.13. The molecule has 4 N–H and O–H groups in total. The second-order valence-electron chi connectivity index (χ2n) is 4.99. The zero-order valence-electron chi connectivity index (χ0n) is 10.3. The van der Waals surface area contributed by atoms with E-state index in [4.69, 9.17) is 5.73 Å². The largest absolute Gasteiger partial charge is 0.432 e. The van der Waals surface area contributed by atoms with E-state index in [1.54, 1.807) is 13.0 Å². The standard InChI is InChI=1S/C12H15BrF2N2O2/c1-12(18)4-7(5-12)17-10-8(16)2-6(13)3-9(10)19-11(14)15/h2-3,7,11,17-18H,4-5,16H2,1H3. The minimum Gasteiger partial charge on any atom is -0.432 e. The average molecular weight is 337 g/mol. The van der Waals surface area contributed by atoms with Gasteiger partial charge in [0.15, 0.2) is 5.75 Å². The van der Waals surface area contributed by atoms with Gasteiger partial charge in [-0.15, -0.1) is 0 Å². The predicted molar refractivity (Wildman–Crippen MR) is 72.5 cm³/mol. The Kier molecular flexibility index (Phi) is 3.87. The van der Waals surface area contributed by atoms with E-state index < -0.39 is 12.2 Å².